The molecule has 0 saturated carbocycles. The van der Waals surface area contributed by atoms with E-state index in [-0.39, 0.29) is 6.10 Å². The normalized spacial score (nSPS) is 20.1. The Hall–Kier alpha value is -1.56. The Bertz CT molecular complexity index is 508. The minimum atomic E-state index is 0.211. The number of hydrogen-bond acceptors (Lipinski definition) is 3. The summed E-state index contributed by atoms with van der Waals surface area (Å²) in [5.74, 6) is 0.609. The summed E-state index contributed by atoms with van der Waals surface area (Å²) in [6, 6.07) is 0. The molecule has 1 aromatic heterocycles. The van der Waals surface area contributed by atoms with Crippen molar-refractivity contribution in [1.29, 1.82) is 0 Å². The van der Waals surface area contributed by atoms with Gasteiger partial charge in [-0.3, -0.25) is 4.68 Å². The van der Waals surface area contributed by atoms with Gasteiger partial charge in [-0.25, -0.2) is 4.99 Å². The number of aryl methyl sites for hydroxylation is 2. The van der Waals surface area contributed by atoms with Gasteiger partial charge in [0.25, 0.3) is 0 Å². The molecule has 1 atom stereocenters. The van der Waals surface area contributed by atoms with Crippen molar-refractivity contribution in [2.45, 2.75) is 46.3 Å². The van der Waals surface area contributed by atoms with Gasteiger partial charge in [-0.05, 0) is 19.8 Å². The molecule has 2 rings (SSSR count). The molecule has 0 radical (unpaired) electrons. The number of guanidine groups is 1. The lowest BCUT2D eigenvalue weighted by Gasteiger charge is -2.31. The SMILES string of the molecule is CCc1nn(C)c(CC)c1CN=C(N)N1CCOC(C)C1. The van der Waals surface area contributed by atoms with Crippen LogP contribution in [-0.4, -0.2) is 46.4 Å². The van der Waals surface area contributed by atoms with Crippen molar-refractivity contribution in [2.24, 2.45) is 17.8 Å². The highest BCUT2D eigenvalue weighted by atomic mass is 16.5. The minimum Gasteiger partial charge on any atom is -0.375 e. The summed E-state index contributed by atoms with van der Waals surface area (Å²) in [4.78, 5) is 6.69. The van der Waals surface area contributed by atoms with Gasteiger partial charge >= 0.3 is 0 Å². The van der Waals surface area contributed by atoms with Crippen LogP contribution in [0.1, 0.15) is 37.7 Å². The molecular formula is C15H27N5O. The van der Waals surface area contributed by atoms with E-state index in [2.05, 4.69) is 35.8 Å². The van der Waals surface area contributed by atoms with Crippen molar-refractivity contribution in [3.8, 4) is 0 Å². The van der Waals surface area contributed by atoms with Gasteiger partial charge in [-0.1, -0.05) is 13.8 Å². The van der Waals surface area contributed by atoms with E-state index in [1.54, 1.807) is 0 Å². The van der Waals surface area contributed by atoms with Gasteiger partial charge in [0.1, 0.15) is 0 Å². The van der Waals surface area contributed by atoms with Crippen molar-refractivity contribution in [2.75, 3.05) is 19.7 Å². The van der Waals surface area contributed by atoms with Gasteiger partial charge in [-0.15, -0.1) is 0 Å². The highest BCUT2D eigenvalue weighted by molar-refractivity contribution is 5.78. The lowest BCUT2D eigenvalue weighted by atomic mass is 10.1. The first-order valence-corrected chi connectivity index (χ1v) is 7.76. The van der Waals surface area contributed by atoms with Crippen molar-refractivity contribution in [3.05, 3.63) is 17.0 Å². The Morgan fingerprint density at radius 1 is 1.43 bits per heavy atom. The molecule has 1 aliphatic rings. The summed E-state index contributed by atoms with van der Waals surface area (Å²) in [6.45, 7) is 9.28. The molecule has 0 aliphatic carbocycles. The number of rotatable bonds is 4. The third-order valence-corrected chi connectivity index (χ3v) is 3.99. The number of ether oxygens (including phenoxy) is 1. The first-order valence-electron chi connectivity index (χ1n) is 7.76. The molecule has 2 heterocycles. The second-order valence-corrected chi connectivity index (χ2v) is 5.50. The lowest BCUT2D eigenvalue weighted by molar-refractivity contribution is 0.00528. The quantitative estimate of drug-likeness (QED) is 0.666. The standard InChI is InChI=1S/C15H27N5O/c1-5-13-12(14(6-2)19(4)18-13)9-17-15(16)20-7-8-21-11(3)10-20/h11H,5-10H2,1-4H3,(H2,16,17). The first kappa shape index (κ1) is 15.8. The molecule has 2 N–H and O–H groups in total. The maximum Gasteiger partial charge on any atom is 0.191 e. The smallest absolute Gasteiger partial charge is 0.191 e. The van der Waals surface area contributed by atoms with Crippen LogP contribution in [0.4, 0.5) is 0 Å². The monoisotopic (exact) mass is 293 g/mol. The summed E-state index contributed by atoms with van der Waals surface area (Å²) in [6.07, 6.45) is 2.10. The van der Waals surface area contributed by atoms with Gasteiger partial charge in [0.2, 0.25) is 0 Å². The van der Waals surface area contributed by atoms with Crippen molar-refractivity contribution < 1.29 is 4.74 Å². The highest BCUT2D eigenvalue weighted by Gasteiger charge is 2.19. The number of morpholine rings is 1. The average Bonchev–Trinajstić information content (AvgIpc) is 2.79. The van der Waals surface area contributed by atoms with Crippen LogP contribution in [0.15, 0.2) is 4.99 Å². The topological polar surface area (TPSA) is 68.7 Å². The van der Waals surface area contributed by atoms with E-state index in [9.17, 15) is 0 Å². The van der Waals surface area contributed by atoms with E-state index in [0.29, 0.717) is 19.1 Å². The average molecular weight is 293 g/mol. The molecule has 0 spiro atoms. The van der Waals surface area contributed by atoms with Crippen LogP contribution in [-0.2, 0) is 31.2 Å². The van der Waals surface area contributed by atoms with Crippen LogP contribution < -0.4 is 5.73 Å². The van der Waals surface area contributed by atoms with Gasteiger partial charge in [-0.2, -0.15) is 5.10 Å². The second-order valence-electron chi connectivity index (χ2n) is 5.50. The van der Waals surface area contributed by atoms with Crippen molar-refractivity contribution in [1.82, 2.24) is 14.7 Å². The van der Waals surface area contributed by atoms with Gasteiger partial charge in [0.15, 0.2) is 5.96 Å². The fourth-order valence-electron chi connectivity index (χ4n) is 2.86. The third-order valence-electron chi connectivity index (χ3n) is 3.99. The Balaban J connectivity index is 2.12. The summed E-state index contributed by atoms with van der Waals surface area (Å²) < 4.78 is 7.50. The van der Waals surface area contributed by atoms with Gasteiger partial charge in [0, 0.05) is 31.4 Å². The first-order chi connectivity index (χ1) is 10.1. The molecule has 1 aromatic rings. The Kier molecular flexibility index (Phi) is 5.22. The zero-order valence-electron chi connectivity index (χ0n) is 13.6. The van der Waals surface area contributed by atoms with Crippen LogP contribution in [0.25, 0.3) is 0 Å². The fourth-order valence-corrected chi connectivity index (χ4v) is 2.86. The zero-order chi connectivity index (χ0) is 15.4. The maximum atomic E-state index is 6.14. The van der Waals surface area contributed by atoms with E-state index in [1.165, 1.54) is 11.3 Å². The molecule has 0 amide bonds. The van der Waals surface area contributed by atoms with Crippen LogP contribution in [0.5, 0.6) is 0 Å². The third kappa shape index (κ3) is 3.56. The molecule has 0 aromatic carbocycles. The molecule has 118 valence electrons. The molecule has 6 nitrogen and oxygen atoms in total. The van der Waals surface area contributed by atoms with E-state index >= 15 is 0 Å². The van der Waals surface area contributed by atoms with Crippen LogP contribution in [0.2, 0.25) is 0 Å². The largest absolute Gasteiger partial charge is 0.375 e. The lowest BCUT2D eigenvalue weighted by Crippen LogP contribution is -2.47. The Morgan fingerprint density at radius 3 is 2.81 bits per heavy atom. The molecule has 0 bridgehead atoms. The molecule has 1 saturated heterocycles. The minimum absolute atomic E-state index is 0.211. The molecule has 6 heteroatoms. The van der Waals surface area contributed by atoms with Crippen LogP contribution in [0, 0.1) is 0 Å². The number of hydrogen-bond donors (Lipinski definition) is 1. The molecule has 21 heavy (non-hydrogen) atoms. The van der Waals surface area contributed by atoms with E-state index in [1.807, 2.05) is 11.7 Å². The number of aromatic nitrogens is 2. The fraction of sp³-hybridized carbons (Fsp3) is 0.733. The summed E-state index contributed by atoms with van der Waals surface area (Å²) >= 11 is 0. The number of nitrogens with zero attached hydrogens (tertiary/aromatic N) is 4. The van der Waals surface area contributed by atoms with Crippen LogP contribution in [0.3, 0.4) is 0 Å². The predicted octanol–water partition coefficient (Wildman–Crippen LogP) is 1.08. The molecule has 1 unspecified atom stereocenters. The number of aliphatic imine (C=N–C) groups is 1. The van der Waals surface area contributed by atoms with Crippen LogP contribution >= 0.6 is 0 Å². The van der Waals surface area contributed by atoms with E-state index in [4.69, 9.17) is 10.5 Å². The predicted molar refractivity (Wildman–Crippen MR) is 84.3 cm³/mol. The van der Waals surface area contributed by atoms with Crippen molar-refractivity contribution >= 4 is 5.96 Å². The molecule has 1 fully saturated rings. The summed E-state index contributed by atoms with van der Waals surface area (Å²) in [5.41, 5.74) is 9.74. The number of nitrogens with two attached hydrogens (primary N) is 1. The van der Waals surface area contributed by atoms with Gasteiger partial charge in [0.05, 0.1) is 24.9 Å². The summed E-state index contributed by atoms with van der Waals surface area (Å²) in [5, 5.41) is 4.58. The molecular weight excluding hydrogens is 266 g/mol. The van der Waals surface area contributed by atoms with Crippen molar-refractivity contribution in [3.63, 3.8) is 0 Å². The summed E-state index contributed by atoms with van der Waals surface area (Å²) in [7, 11) is 2.00. The Labute approximate surface area is 127 Å². The van der Waals surface area contributed by atoms with E-state index < -0.39 is 0 Å². The van der Waals surface area contributed by atoms with Gasteiger partial charge < -0.3 is 15.4 Å². The maximum absolute atomic E-state index is 6.14. The Morgan fingerprint density at radius 2 is 2.19 bits per heavy atom. The molecule has 1 aliphatic heterocycles. The highest BCUT2D eigenvalue weighted by Crippen LogP contribution is 2.16. The second kappa shape index (κ2) is 6.93. The zero-order valence-corrected chi connectivity index (χ0v) is 13.6. The van der Waals surface area contributed by atoms with E-state index in [0.717, 1.165) is 31.6 Å².